The van der Waals surface area contributed by atoms with Crippen LogP contribution in [0, 0.1) is 5.92 Å². The summed E-state index contributed by atoms with van der Waals surface area (Å²) in [6.45, 7) is 0. The van der Waals surface area contributed by atoms with Crippen molar-refractivity contribution in [1.29, 1.82) is 0 Å². The predicted octanol–water partition coefficient (Wildman–Crippen LogP) is 0.675. The summed E-state index contributed by atoms with van der Waals surface area (Å²) >= 11 is 0. The zero-order valence-corrected chi connectivity index (χ0v) is 4.82. The Morgan fingerprint density at radius 1 is 1.78 bits per heavy atom. The highest BCUT2D eigenvalue weighted by Crippen LogP contribution is 2.06. The van der Waals surface area contributed by atoms with Crippen molar-refractivity contribution >= 4 is 12.2 Å². The van der Waals surface area contributed by atoms with Gasteiger partial charge in [0.1, 0.15) is 0 Å². The first-order valence-electron chi connectivity index (χ1n) is 2.71. The molecule has 0 amide bonds. The monoisotopic (exact) mass is 125 g/mol. The fourth-order valence-electron chi connectivity index (χ4n) is 0.693. The maximum atomic E-state index is 10.1. The van der Waals surface area contributed by atoms with Crippen molar-refractivity contribution in [2.24, 2.45) is 10.9 Å². The zero-order chi connectivity index (χ0) is 6.69. The van der Waals surface area contributed by atoms with Crippen molar-refractivity contribution in [3.05, 3.63) is 12.3 Å². The van der Waals surface area contributed by atoms with Gasteiger partial charge in [0.25, 0.3) is 0 Å². The van der Waals surface area contributed by atoms with Crippen LogP contribution in [0.3, 0.4) is 0 Å². The van der Waals surface area contributed by atoms with Gasteiger partial charge in [-0.25, -0.2) is 0 Å². The molecule has 0 bridgehead atoms. The van der Waals surface area contributed by atoms with E-state index in [1.165, 1.54) is 0 Å². The summed E-state index contributed by atoms with van der Waals surface area (Å²) in [5, 5.41) is 8.28. The summed E-state index contributed by atoms with van der Waals surface area (Å²) < 4.78 is 0. The van der Waals surface area contributed by atoms with E-state index in [4.69, 9.17) is 5.11 Å². The summed E-state index contributed by atoms with van der Waals surface area (Å²) in [6, 6.07) is 0. The van der Waals surface area contributed by atoms with Gasteiger partial charge in [-0.1, -0.05) is 6.08 Å². The van der Waals surface area contributed by atoms with Crippen molar-refractivity contribution < 1.29 is 9.90 Å². The lowest BCUT2D eigenvalue weighted by Gasteiger charge is -1.94. The van der Waals surface area contributed by atoms with Crippen molar-refractivity contribution in [2.75, 3.05) is 0 Å². The Hall–Kier alpha value is -1.12. The van der Waals surface area contributed by atoms with E-state index in [9.17, 15) is 4.79 Å². The van der Waals surface area contributed by atoms with Gasteiger partial charge in [-0.3, -0.25) is 9.79 Å². The Morgan fingerprint density at radius 3 is 3.00 bits per heavy atom. The Morgan fingerprint density at radius 2 is 2.56 bits per heavy atom. The molecular formula is C6H7NO2. The molecule has 0 saturated carbocycles. The second-order valence-corrected chi connectivity index (χ2v) is 1.90. The van der Waals surface area contributed by atoms with E-state index in [1.54, 1.807) is 18.5 Å². The highest BCUT2D eigenvalue weighted by Gasteiger charge is 2.08. The van der Waals surface area contributed by atoms with Crippen LogP contribution in [0.15, 0.2) is 17.3 Å². The van der Waals surface area contributed by atoms with Gasteiger partial charge in [-0.2, -0.15) is 0 Å². The van der Waals surface area contributed by atoms with Crippen LogP contribution in [0.5, 0.6) is 0 Å². The summed E-state index contributed by atoms with van der Waals surface area (Å²) in [7, 11) is 0. The normalized spacial score (nSPS) is 22.9. The zero-order valence-electron chi connectivity index (χ0n) is 4.82. The number of nitrogens with zero attached hydrogens (tertiary/aromatic N) is 1. The van der Waals surface area contributed by atoms with Gasteiger partial charge < -0.3 is 5.11 Å². The van der Waals surface area contributed by atoms with E-state index in [2.05, 4.69) is 4.99 Å². The summed E-state index contributed by atoms with van der Waals surface area (Å²) in [5.41, 5.74) is 0. The molecule has 0 aromatic carbocycles. The topological polar surface area (TPSA) is 49.7 Å². The minimum atomic E-state index is -0.780. The average Bonchev–Trinajstić information content (AvgIpc) is 2.15. The molecule has 1 rings (SSSR count). The molecule has 0 fully saturated rings. The molecule has 0 unspecified atom stereocenters. The van der Waals surface area contributed by atoms with Gasteiger partial charge in [0.05, 0.1) is 6.42 Å². The van der Waals surface area contributed by atoms with Gasteiger partial charge >= 0.3 is 5.97 Å². The van der Waals surface area contributed by atoms with Crippen LogP contribution in [0.2, 0.25) is 0 Å². The van der Waals surface area contributed by atoms with Gasteiger partial charge in [-0.05, 0) is 0 Å². The lowest BCUT2D eigenvalue weighted by atomic mass is 10.1. The van der Waals surface area contributed by atoms with Crippen LogP contribution < -0.4 is 0 Å². The summed E-state index contributed by atoms with van der Waals surface area (Å²) in [6.07, 6.45) is 5.18. The maximum Gasteiger partial charge on any atom is 0.304 e. The van der Waals surface area contributed by atoms with E-state index in [0.29, 0.717) is 0 Å². The van der Waals surface area contributed by atoms with Gasteiger partial charge in [-0.15, -0.1) is 0 Å². The second kappa shape index (κ2) is 2.44. The predicted molar refractivity (Wildman–Crippen MR) is 33.4 cm³/mol. The number of carboxylic acid groups (broad SMARTS) is 1. The summed E-state index contributed by atoms with van der Waals surface area (Å²) in [5.74, 6) is -0.763. The molecule has 1 aliphatic heterocycles. The maximum absolute atomic E-state index is 10.1. The molecule has 0 spiro atoms. The summed E-state index contributed by atoms with van der Waals surface area (Å²) in [4.78, 5) is 13.8. The molecule has 0 aromatic rings. The van der Waals surface area contributed by atoms with Crippen LogP contribution in [-0.2, 0) is 4.79 Å². The van der Waals surface area contributed by atoms with Gasteiger partial charge in [0.15, 0.2) is 0 Å². The van der Waals surface area contributed by atoms with E-state index >= 15 is 0 Å². The number of carbonyl (C=O) groups is 1. The molecule has 0 saturated heterocycles. The van der Waals surface area contributed by atoms with E-state index < -0.39 is 5.97 Å². The van der Waals surface area contributed by atoms with E-state index in [-0.39, 0.29) is 12.3 Å². The van der Waals surface area contributed by atoms with Crippen LogP contribution >= 0.6 is 0 Å². The molecule has 0 aliphatic carbocycles. The number of rotatable bonds is 2. The Labute approximate surface area is 52.7 Å². The first kappa shape index (κ1) is 6.01. The van der Waals surface area contributed by atoms with Crippen molar-refractivity contribution in [3.63, 3.8) is 0 Å². The average molecular weight is 125 g/mol. The lowest BCUT2D eigenvalue weighted by molar-refractivity contribution is -0.137. The molecule has 0 aromatic heterocycles. The molecule has 1 heterocycles. The Bertz CT molecular complexity index is 160. The number of aliphatic carboxylic acids is 1. The van der Waals surface area contributed by atoms with Crippen molar-refractivity contribution in [1.82, 2.24) is 0 Å². The molecule has 1 atom stereocenters. The number of carboxylic acids is 1. The van der Waals surface area contributed by atoms with Gasteiger partial charge in [0.2, 0.25) is 0 Å². The third kappa shape index (κ3) is 1.68. The van der Waals surface area contributed by atoms with Crippen LogP contribution in [-0.4, -0.2) is 17.3 Å². The minimum absolute atomic E-state index is 0.0162. The number of allylic oxidation sites excluding steroid dienone is 1. The minimum Gasteiger partial charge on any atom is -0.481 e. The SMILES string of the molecule is O=C(O)C[C@H]1C=CN=C1. The Balaban J connectivity index is 2.37. The third-order valence-corrected chi connectivity index (χ3v) is 1.11. The standard InChI is InChI=1S/C6H7NO2/c8-6(9)3-5-1-2-7-4-5/h1-2,4-5H,3H2,(H,8,9)/t5-/m1/s1. The second-order valence-electron chi connectivity index (χ2n) is 1.90. The smallest absolute Gasteiger partial charge is 0.304 e. The molecule has 48 valence electrons. The number of hydrogen-bond donors (Lipinski definition) is 1. The number of hydrogen-bond acceptors (Lipinski definition) is 2. The molecule has 9 heavy (non-hydrogen) atoms. The van der Waals surface area contributed by atoms with E-state index in [0.717, 1.165) is 0 Å². The van der Waals surface area contributed by atoms with Crippen LogP contribution in [0.25, 0.3) is 0 Å². The fraction of sp³-hybridized carbons (Fsp3) is 0.333. The molecular weight excluding hydrogens is 118 g/mol. The number of aliphatic imine (C=N–C) groups is 1. The lowest BCUT2D eigenvalue weighted by Crippen LogP contribution is -2.03. The van der Waals surface area contributed by atoms with Gasteiger partial charge in [0, 0.05) is 18.3 Å². The molecule has 0 radical (unpaired) electrons. The van der Waals surface area contributed by atoms with E-state index in [1.807, 2.05) is 0 Å². The first-order chi connectivity index (χ1) is 4.29. The Kier molecular flexibility index (Phi) is 1.63. The fourth-order valence-corrected chi connectivity index (χ4v) is 0.693. The van der Waals surface area contributed by atoms with Crippen LogP contribution in [0.4, 0.5) is 0 Å². The third-order valence-electron chi connectivity index (χ3n) is 1.11. The first-order valence-corrected chi connectivity index (χ1v) is 2.71. The largest absolute Gasteiger partial charge is 0.481 e. The molecule has 1 N–H and O–H groups in total. The van der Waals surface area contributed by atoms with Crippen molar-refractivity contribution in [3.8, 4) is 0 Å². The quantitative estimate of drug-likeness (QED) is 0.589. The highest BCUT2D eigenvalue weighted by molar-refractivity contribution is 5.76. The molecule has 3 nitrogen and oxygen atoms in total. The highest BCUT2D eigenvalue weighted by atomic mass is 16.4. The van der Waals surface area contributed by atoms with Crippen molar-refractivity contribution in [2.45, 2.75) is 6.42 Å². The molecule has 3 heteroatoms. The molecule has 1 aliphatic rings. The van der Waals surface area contributed by atoms with Crippen LogP contribution in [0.1, 0.15) is 6.42 Å².